The van der Waals surface area contributed by atoms with Crippen molar-refractivity contribution in [3.8, 4) is 5.75 Å². The van der Waals surface area contributed by atoms with Crippen LogP contribution >= 0.6 is 11.8 Å². The lowest BCUT2D eigenvalue weighted by Gasteiger charge is -2.10. The highest BCUT2D eigenvalue weighted by atomic mass is 32.2. The van der Waals surface area contributed by atoms with E-state index in [-0.39, 0.29) is 5.44 Å². The molecule has 2 nitrogen and oxygen atoms in total. The van der Waals surface area contributed by atoms with Crippen molar-refractivity contribution in [2.24, 2.45) is 0 Å². The minimum absolute atomic E-state index is 0.202. The van der Waals surface area contributed by atoms with Gasteiger partial charge in [-0.3, -0.25) is 0 Å². The Labute approximate surface area is 89.6 Å². The third-order valence-corrected chi connectivity index (χ3v) is 2.78. The van der Waals surface area contributed by atoms with Crippen molar-refractivity contribution in [2.45, 2.75) is 24.2 Å². The van der Waals surface area contributed by atoms with E-state index in [4.69, 9.17) is 9.47 Å². The summed E-state index contributed by atoms with van der Waals surface area (Å²) >= 11 is 1.71. The first kappa shape index (κ1) is 11.4. The van der Waals surface area contributed by atoms with E-state index in [1.807, 2.05) is 31.2 Å². The smallest absolute Gasteiger partial charge is 0.118 e. The van der Waals surface area contributed by atoms with Gasteiger partial charge >= 0.3 is 0 Å². The van der Waals surface area contributed by atoms with Crippen LogP contribution in [0.5, 0.6) is 5.75 Å². The molecule has 0 radical (unpaired) electrons. The van der Waals surface area contributed by atoms with Gasteiger partial charge in [0.2, 0.25) is 0 Å². The van der Waals surface area contributed by atoms with Gasteiger partial charge in [-0.25, -0.2) is 0 Å². The molecule has 0 bridgehead atoms. The number of rotatable bonds is 5. The molecule has 0 saturated heterocycles. The lowest BCUT2D eigenvalue weighted by atomic mass is 10.3. The molecule has 0 aliphatic heterocycles. The third-order valence-electron chi connectivity index (χ3n) is 1.76. The van der Waals surface area contributed by atoms with Crippen LogP contribution in [0.4, 0.5) is 0 Å². The fourth-order valence-corrected chi connectivity index (χ4v) is 2.00. The van der Waals surface area contributed by atoms with Crippen molar-refractivity contribution < 1.29 is 9.47 Å². The van der Waals surface area contributed by atoms with E-state index in [0.29, 0.717) is 0 Å². The molecular formula is C11H16O2S. The van der Waals surface area contributed by atoms with Crippen molar-refractivity contribution >= 4 is 11.8 Å². The van der Waals surface area contributed by atoms with Crippen LogP contribution in [-0.2, 0) is 4.74 Å². The Bertz CT molecular complexity index is 258. The molecule has 0 aliphatic rings. The second kappa shape index (κ2) is 5.94. The molecular weight excluding hydrogens is 196 g/mol. The van der Waals surface area contributed by atoms with Crippen molar-refractivity contribution in [3.63, 3.8) is 0 Å². The van der Waals surface area contributed by atoms with Crippen LogP contribution in [0.3, 0.4) is 0 Å². The molecule has 0 fully saturated rings. The summed E-state index contributed by atoms with van der Waals surface area (Å²) in [5, 5.41) is 0. The zero-order valence-corrected chi connectivity index (χ0v) is 9.64. The average molecular weight is 212 g/mol. The first-order chi connectivity index (χ1) is 6.76. The summed E-state index contributed by atoms with van der Waals surface area (Å²) in [6, 6.07) is 8.00. The monoisotopic (exact) mass is 212 g/mol. The highest BCUT2D eigenvalue weighted by Crippen LogP contribution is 2.25. The molecule has 14 heavy (non-hydrogen) atoms. The Morgan fingerprint density at radius 1 is 1.29 bits per heavy atom. The lowest BCUT2D eigenvalue weighted by Crippen LogP contribution is -2.01. The quantitative estimate of drug-likeness (QED) is 0.551. The van der Waals surface area contributed by atoms with E-state index in [0.717, 1.165) is 12.4 Å². The van der Waals surface area contributed by atoms with Crippen LogP contribution in [0, 0.1) is 0 Å². The molecule has 0 amide bonds. The molecule has 1 aromatic rings. The summed E-state index contributed by atoms with van der Waals surface area (Å²) in [7, 11) is 1.67. The fraction of sp³-hybridized carbons (Fsp3) is 0.455. The summed E-state index contributed by atoms with van der Waals surface area (Å²) < 4.78 is 10.5. The average Bonchev–Trinajstić information content (AvgIpc) is 2.19. The molecule has 1 aromatic carbocycles. The summed E-state index contributed by atoms with van der Waals surface area (Å²) in [4.78, 5) is 1.20. The topological polar surface area (TPSA) is 18.5 Å². The minimum atomic E-state index is 0.202. The van der Waals surface area contributed by atoms with Crippen LogP contribution in [0.1, 0.15) is 13.8 Å². The molecule has 0 N–H and O–H groups in total. The zero-order chi connectivity index (χ0) is 10.4. The van der Waals surface area contributed by atoms with Gasteiger partial charge in [0, 0.05) is 11.5 Å². The molecule has 1 unspecified atom stereocenters. The third kappa shape index (κ3) is 3.60. The summed E-state index contributed by atoms with van der Waals surface area (Å²) in [5.41, 5.74) is 0.202. The Balaban J connectivity index is 2.50. The molecule has 3 heteroatoms. The Morgan fingerprint density at radius 3 is 2.43 bits per heavy atom. The molecule has 0 heterocycles. The van der Waals surface area contributed by atoms with Gasteiger partial charge in [-0.1, -0.05) is 11.8 Å². The van der Waals surface area contributed by atoms with Gasteiger partial charge in [-0.05, 0) is 38.1 Å². The van der Waals surface area contributed by atoms with Gasteiger partial charge in [0.1, 0.15) is 11.2 Å². The standard InChI is InChI=1S/C11H16O2S/c1-4-13-9(2)14-11-7-5-10(12-3)6-8-11/h5-9H,4H2,1-3H3. The van der Waals surface area contributed by atoms with E-state index >= 15 is 0 Å². The molecule has 0 spiro atoms. The van der Waals surface area contributed by atoms with Gasteiger partial charge in [0.25, 0.3) is 0 Å². The molecule has 78 valence electrons. The Morgan fingerprint density at radius 2 is 1.93 bits per heavy atom. The lowest BCUT2D eigenvalue weighted by molar-refractivity contribution is 0.137. The largest absolute Gasteiger partial charge is 0.497 e. The number of ether oxygens (including phenoxy) is 2. The predicted octanol–water partition coefficient (Wildman–Crippen LogP) is 3.17. The van der Waals surface area contributed by atoms with Gasteiger partial charge in [0.15, 0.2) is 0 Å². The van der Waals surface area contributed by atoms with Crippen LogP contribution in [0.15, 0.2) is 29.2 Å². The molecule has 0 saturated carbocycles. The maximum atomic E-state index is 5.43. The highest BCUT2D eigenvalue weighted by Gasteiger charge is 2.02. The second-order valence-corrected chi connectivity index (χ2v) is 4.19. The normalized spacial score (nSPS) is 12.5. The predicted molar refractivity (Wildman–Crippen MR) is 59.9 cm³/mol. The summed E-state index contributed by atoms with van der Waals surface area (Å²) in [6.45, 7) is 4.81. The maximum absolute atomic E-state index is 5.43. The molecule has 0 aromatic heterocycles. The number of hydrogen-bond acceptors (Lipinski definition) is 3. The van der Waals surface area contributed by atoms with Crippen molar-refractivity contribution in [1.29, 1.82) is 0 Å². The minimum Gasteiger partial charge on any atom is -0.497 e. The van der Waals surface area contributed by atoms with E-state index in [1.165, 1.54) is 4.90 Å². The summed E-state index contributed by atoms with van der Waals surface area (Å²) in [5.74, 6) is 0.887. The van der Waals surface area contributed by atoms with Crippen LogP contribution in [0.2, 0.25) is 0 Å². The SMILES string of the molecule is CCOC(C)Sc1ccc(OC)cc1. The van der Waals surface area contributed by atoms with Crippen molar-refractivity contribution in [2.75, 3.05) is 13.7 Å². The van der Waals surface area contributed by atoms with Crippen LogP contribution in [-0.4, -0.2) is 19.2 Å². The fourth-order valence-electron chi connectivity index (χ4n) is 1.11. The van der Waals surface area contributed by atoms with Gasteiger partial charge < -0.3 is 9.47 Å². The van der Waals surface area contributed by atoms with Crippen LogP contribution < -0.4 is 4.74 Å². The van der Waals surface area contributed by atoms with Gasteiger partial charge in [-0.15, -0.1) is 0 Å². The van der Waals surface area contributed by atoms with Crippen molar-refractivity contribution in [3.05, 3.63) is 24.3 Å². The maximum Gasteiger partial charge on any atom is 0.118 e. The number of hydrogen-bond donors (Lipinski definition) is 0. The molecule has 0 aliphatic carbocycles. The van der Waals surface area contributed by atoms with E-state index in [2.05, 4.69) is 6.92 Å². The van der Waals surface area contributed by atoms with E-state index in [9.17, 15) is 0 Å². The molecule has 1 rings (SSSR count). The van der Waals surface area contributed by atoms with Crippen molar-refractivity contribution in [1.82, 2.24) is 0 Å². The number of benzene rings is 1. The Hall–Kier alpha value is -0.670. The first-order valence-corrected chi connectivity index (χ1v) is 5.56. The number of thioether (sulfide) groups is 1. The summed E-state index contributed by atoms with van der Waals surface area (Å²) in [6.07, 6.45) is 0. The van der Waals surface area contributed by atoms with E-state index in [1.54, 1.807) is 18.9 Å². The van der Waals surface area contributed by atoms with Crippen LogP contribution in [0.25, 0.3) is 0 Å². The highest BCUT2D eigenvalue weighted by molar-refractivity contribution is 7.99. The van der Waals surface area contributed by atoms with E-state index < -0.39 is 0 Å². The van der Waals surface area contributed by atoms with Gasteiger partial charge in [0.05, 0.1) is 7.11 Å². The van der Waals surface area contributed by atoms with Gasteiger partial charge in [-0.2, -0.15) is 0 Å². The zero-order valence-electron chi connectivity index (χ0n) is 8.82. The second-order valence-electron chi connectivity index (χ2n) is 2.82. The first-order valence-electron chi connectivity index (χ1n) is 4.68. The number of methoxy groups -OCH3 is 1. The Kier molecular flexibility index (Phi) is 4.84. The molecule has 1 atom stereocenters.